The lowest BCUT2D eigenvalue weighted by atomic mass is 10.1. The van der Waals surface area contributed by atoms with E-state index in [9.17, 15) is 9.90 Å². The summed E-state index contributed by atoms with van der Waals surface area (Å²) in [6.07, 6.45) is 2.64. The highest BCUT2D eigenvalue weighted by molar-refractivity contribution is 6.30. The molecule has 0 heterocycles. The number of unbranched alkanes of at least 4 members (excludes halogenated alkanes) is 1. The summed E-state index contributed by atoms with van der Waals surface area (Å²) >= 11 is 5.82. The van der Waals surface area contributed by atoms with Gasteiger partial charge in [-0.25, -0.2) is 0 Å². The van der Waals surface area contributed by atoms with E-state index in [4.69, 9.17) is 11.6 Å². The van der Waals surface area contributed by atoms with Crippen LogP contribution in [0.1, 0.15) is 31.7 Å². The molecular formula is C14H20ClNO2. The van der Waals surface area contributed by atoms with Crippen LogP contribution in [-0.4, -0.2) is 29.1 Å². The average molecular weight is 270 g/mol. The predicted octanol–water partition coefficient (Wildman–Crippen LogP) is 3.42. The van der Waals surface area contributed by atoms with Crippen LogP contribution < -0.4 is 0 Å². The van der Waals surface area contributed by atoms with Gasteiger partial charge in [0.15, 0.2) is 0 Å². The number of carbonyl (C=O) groups is 1. The van der Waals surface area contributed by atoms with Crippen molar-refractivity contribution in [2.45, 2.75) is 38.8 Å². The van der Waals surface area contributed by atoms with E-state index >= 15 is 0 Å². The molecule has 100 valence electrons. The highest BCUT2D eigenvalue weighted by atomic mass is 35.5. The van der Waals surface area contributed by atoms with E-state index in [0.717, 1.165) is 18.4 Å². The summed E-state index contributed by atoms with van der Waals surface area (Å²) in [5.74, 6) is -0.750. The second kappa shape index (κ2) is 7.39. The molecule has 0 saturated heterocycles. The molecule has 18 heavy (non-hydrogen) atoms. The summed E-state index contributed by atoms with van der Waals surface area (Å²) in [7, 11) is 1.85. The number of likely N-dealkylation sites (N-methyl/N-ethyl adjacent to an activating group) is 1. The minimum Gasteiger partial charge on any atom is -0.480 e. The summed E-state index contributed by atoms with van der Waals surface area (Å²) in [4.78, 5) is 13.1. The normalized spacial score (nSPS) is 12.7. The van der Waals surface area contributed by atoms with Gasteiger partial charge in [0.05, 0.1) is 0 Å². The van der Waals surface area contributed by atoms with Gasteiger partial charge >= 0.3 is 5.97 Å². The summed E-state index contributed by atoms with van der Waals surface area (Å²) in [5, 5.41) is 9.93. The summed E-state index contributed by atoms with van der Waals surface area (Å²) in [6, 6.07) is 7.09. The minimum atomic E-state index is -0.750. The van der Waals surface area contributed by atoms with Gasteiger partial charge in [0.1, 0.15) is 6.04 Å². The molecular weight excluding hydrogens is 250 g/mol. The maximum atomic E-state index is 11.2. The van der Waals surface area contributed by atoms with Crippen LogP contribution in [0.3, 0.4) is 0 Å². The van der Waals surface area contributed by atoms with Crippen LogP contribution in [0.15, 0.2) is 24.3 Å². The Morgan fingerprint density at radius 2 is 2.00 bits per heavy atom. The average Bonchev–Trinajstić information content (AvgIpc) is 2.32. The molecule has 1 aromatic carbocycles. The molecule has 0 bridgehead atoms. The van der Waals surface area contributed by atoms with Gasteiger partial charge in [-0.05, 0) is 31.2 Å². The molecule has 1 rings (SSSR count). The predicted molar refractivity (Wildman–Crippen MR) is 73.9 cm³/mol. The SMILES string of the molecule is CCCCC(C(=O)O)N(C)Cc1ccc(Cl)cc1. The van der Waals surface area contributed by atoms with Gasteiger partial charge in [0, 0.05) is 11.6 Å². The molecule has 3 nitrogen and oxygen atoms in total. The Hall–Kier alpha value is -1.06. The van der Waals surface area contributed by atoms with Crippen LogP contribution in [-0.2, 0) is 11.3 Å². The van der Waals surface area contributed by atoms with E-state index in [1.54, 1.807) is 0 Å². The highest BCUT2D eigenvalue weighted by Gasteiger charge is 2.21. The summed E-state index contributed by atoms with van der Waals surface area (Å²) < 4.78 is 0. The van der Waals surface area contributed by atoms with Gasteiger partial charge in [0.25, 0.3) is 0 Å². The molecule has 0 radical (unpaired) electrons. The highest BCUT2D eigenvalue weighted by Crippen LogP contribution is 2.14. The van der Waals surface area contributed by atoms with Crippen LogP contribution in [0.5, 0.6) is 0 Å². The van der Waals surface area contributed by atoms with Gasteiger partial charge < -0.3 is 5.11 Å². The molecule has 0 saturated carbocycles. The number of nitrogens with zero attached hydrogens (tertiary/aromatic N) is 1. The first-order valence-corrected chi connectivity index (χ1v) is 6.60. The quantitative estimate of drug-likeness (QED) is 0.825. The van der Waals surface area contributed by atoms with Crippen LogP contribution in [0.25, 0.3) is 0 Å². The van der Waals surface area contributed by atoms with Crippen molar-refractivity contribution in [3.63, 3.8) is 0 Å². The number of hydrogen-bond acceptors (Lipinski definition) is 2. The Morgan fingerprint density at radius 3 is 2.50 bits per heavy atom. The third-order valence-electron chi connectivity index (χ3n) is 2.99. The zero-order chi connectivity index (χ0) is 13.5. The molecule has 0 aliphatic heterocycles. The Kier molecular flexibility index (Phi) is 6.16. The lowest BCUT2D eigenvalue weighted by Crippen LogP contribution is -2.37. The minimum absolute atomic E-state index is 0.416. The van der Waals surface area contributed by atoms with Crippen molar-refractivity contribution in [2.24, 2.45) is 0 Å². The van der Waals surface area contributed by atoms with E-state index in [2.05, 4.69) is 6.92 Å². The zero-order valence-corrected chi connectivity index (χ0v) is 11.7. The van der Waals surface area contributed by atoms with E-state index in [1.165, 1.54) is 0 Å². The van der Waals surface area contributed by atoms with E-state index < -0.39 is 12.0 Å². The van der Waals surface area contributed by atoms with Gasteiger partial charge in [0.2, 0.25) is 0 Å². The first kappa shape index (κ1) is 15.0. The van der Waals surface area contributed by atoms with Gasteiger partial charge in [-0.2, -0.15) is 0 Å². The molecule has 0 aliphatic carbocycles. The number of halogens is 1. The number of carboxylic acid groups (broad SMARTS) is 1. The topological polar surface area (TPSA) is 40.5 Å². The first-order valence-electron chi connectivity index (χ1n) is 6.22. The third-order valence-corrected chi connectivity index (χ3v) is 3.25. The molecule has 0 aromatic heterocycles. The van der Waals surface area contributed by atoms with E-state index in [0.29, 0.717) is 18.0 Å². The Labute approximate surface area is 113 Å². The Balaban J connectivity index is 2.63. The number of benzene rings is 1. The molecule has 1 atom stereocenters. The van der Waals surface area contributed by atoms with Gasteiger partial charge in [-0.3, -0.25) is 9.69 Å². The van der Waals surface area contributed by atoms with Gasteiger partial charge in [-0.1, -0.05) is 43.5 Å². The molecule has 0 fully saturated rings. The van der Waals surface area contributed by atoms with Crippen molar-refractivity contribution < 1.29 is 9.90 Å². The lowest BCUT2D eigenvalue weighted by molar-refractivity contribution is -0.143. The fraction of sp³-hybridized carbons (Fsp3) is 0.500. The molecule has 4 heteroatoms. The number of aliphatic carboxylic acids is 1. The smallest absolute Gasteiger partial charge is 0.320 e. The van der Waals surface area contributed by atoms with E-state index in [-0.39, 0.29) is 0 Å². The van der Waals surface area contributed by atoms with Crippen molar-refractivity contribution in [1.29, 1.82) is 0 Å². The second-order valence-electron chi connectivity index (χ2n) is 4.54. The Bertz CT molecular complexity index is 378. The van der Waals surface area contributed by atoms with Crippen molar-refractivity contribution in [3.05, 3.63) is 34.9 Å². The largest absolute Gasteiger partial charge is 0.480 e. The number of hydrogen-bond donors (Lipinski definition) is 1. The standard InChI is InChI=1S/C14H20ClNO2/c1-3-4-5-13(14(17)18)16(2)10-11-6-8-12(15)9-7-11/h6-9,13H,3-5,10H2,1-2H3,(H,17,18). The Morgan fingerprint density at radius 1 is 1.39 bits per heavy atom. The molecule has 1 unspecified atom stereocenters. The number of carboxylic acids is 1. The lowest BCUT2D eigenvalue weighted by Gasteiger charge is -2.24. The second-order valence-corrected chi connectivity index (χ2v) is 4.97. The third kappa shape index (κ3) is 4.67. The van der Waals surface area contributed by atoms with Crippen molar-refractivity contribution in [1.82, 2.24) is 4.90 Å². The maximum Gasteiger partial charge on any atom is 0.320 e. The van der Waals surface area contributed by atoms with Crippen LogP contribution in [0, 0.1) is 0 Å². The fourth-order valence-corrected chi connectivity index (χ4v) is 2.04. The molecule has 0 amide bonds. The monoisotopic (exact) mass is 269 g/mol. The van der Waals surface area contributed by atoms with Gasteiger partial charge in [-0.15, -0.1) is 0 Å². The molecule has 0 aliphatic rings. The van der Waals surface area contributed by atoms with Crippen LogP contribution in [0.4, 0.5) is 0 Å². The van der Waals surface area contributed by atoms with E-state index in [1.807, 2.05) is 36.2 Å². The van der Waals surface area contributed by atoms with Crippen LogP contribution in [0.2, 0.25) is 5.02 Å². The maximum absolute atomic E-state index is 11.2. The molecule has 1 N–H and O–H groups in total. The fourth-order valence-electron chi connectivity index (χ4n) is 1.92. The first-order chi connectivity index (χ1) is 8.54. The van der Waals surface area contributed by atoms with Crippen molar-refractivity contribution in [2.75, 3.05) is 7.05 Å². The number of rotatable bonds is 7. The zero-order valence-electron chi connectivity index (χ0n) is 10.9. The van der Waals surface area contributed by atoms with Crippen molar-refractivity contribution >= 4 is 17.6 Å². The van der Waals surface area contributed by atoms with Crippen LogP contribution >= 0.6 is 11.6 Å². The summed E-state index contributed by atoms with van der Waals surface area (Å²) in [6.45, 7) is 2.69. The van der Waals surface area contributed by atoms with Crippen molar-refractivity contribution in [3.8, 4) is 0 Å². The summed E-state index contributed by atoms with van der Waals surface area (Å²) in [5.41, 5.74) is 1.07. The molecule has 0 spiro atoms. The molecule has 1 aromatic rings.